The molecule has 2 atom stereocenters. The van der Waals surface area contributed by atoms with Crippen LogP contribution in [0, 0.1) is 13.8 Å². The molecular formula is C16H23NO3. The highest BCUT2D eigenvalue weighted by Crippen LogP contribution is 2.20. The third-order valence-electron chi connectivity index (χ3n) is 3.78. The SMILES string of the molecule is Cc1ccc(C)c(OCC(=O)N[C@H]2CCCC[C@@H]2O)c1. The highest BCUT2D eigenvalue weighted by molar-refractivity contribution is 5.78. The van der Waals surface area contributed by atoms with E-state index in [4.69, 9.17) is 4.74 Å². The monoisotopic (exact) mass is 277 g/mol. The third-order valence-corrected chi connectivity index (χ3v) is 3.78. The average molecular weight is 277 g/mol. The normalized spacial score (nSPS) is 22.4. The molecule has 0 aliphatic heterocycles. The zero-order valence-electron chi connectivity index (χ0n) is 12.2. The van der Waals surface area contributed by atoms with E-state index in [0.29, 0.717) is 0 Å². The minimum Gasteiger partial charge on any atom is -0.483 e. The van der Waals surface area contributed by atoms with Crippen molar-refractivity contribution >= 4 is 5.91 Å². The molecule has 1 aromatic rings. The lowest BCUT2D eigenvalue weighted by Crippen LogP contribution is -2.46. The Bertz CT molecular complexity index is 473. The van der Waals surface area contributed by atoms with Gasteiger partial charge in [-0.25, -0.2) is 0 Å². The van der Waals surface area contributed by atoms with Gasteiger partial charge in [-0.15, -0.1) is 0 Å². The molecule has 0 radical (unpaired) electrons. The summed E-state index contributed by atoms with van der Waals surface area (Å²) in [6.07, 6.45) is 3.28. The van der Waals surface area contributed by atoms with Gasteiger partial charge in [0.15, 0.2) is 6.61 Å². The van der Waals surface area contributed by atoms with Crippen molar-refractivity contribution in [2.45, 2.75) is 51.7 Å². The van der Waals surface area contributed by atoms with Crippen LogP contribution in [-0.4, -0.2) is 29.8 Å². The Hall–Kier alpha value is -1.55. The van der Waals surface area contributed by atoms with E-state index in [9.17, 15) is 9.90 Å². The number of aryl methyl sites for hydroxylation is 2. The number of hydrogen-bond acceptors (Lipinski definition) is 3. The first-order valence-corrected chi connectivity index (χ1v) is 7.24. The van der Waals surface area contributed by atoms with Gasteiger partial charge in [0.1, 0.15) is 5.75 Å². The predicted octanol–water partition coefficient (Wildman–Crippen LogP) is 2.10. The van der Waals surface area contributed by atoms with Gasteiger partial charge in [0.25, 0.3) is 5.91 Å². The molecule has 4 nitrogen and oxygen atoms in total. The van der Waals surface area contributed by atoms with Crippen LogP contribution in [0.5, 0.6) is 5.75 Å². The lowest BCUT2D eigenvalue weighted by atomic mass is 9.92. The van der Waals surface area contributed by atoms with Gasteiger partial charge in [0.05, 0.1) is 12.1 Å². The van der Waals surface area contributed by atoms with Crippen LogP contribution in [0.4, 0.5) is 0 Å². The third kappa shape index (κ3) is 3.97. The fraction of sp³-hybridized carbons (Fsp3) is 0.562. The Morgan fingerprint density at radius 1 is 1.35 bits per heavy atom. The number of carbonyl (C=O) groups excluding carboxylic acids is 1. The number of aliphatic hydroxyl groups excluding tert-OH is 1. The maximum Gasteiger partial charge on any atom is 0.258 e. The van der Waals surface area contributed by atoms with E-state index in [1.807, 2.05) is 32.0 Å². The molecule has 2 N–H and O–H groups in total. The minimum absolute atomic E-state index is 0.00644. The van der Waals surface area contributed by atoms with Crippen molar-refractivity contribution in [2.75, 3.05) is 6.61 Å². The minimum atomic E-state index is -0.423. The molecule has 1 aliphatic rings. The van der Waals surface area contributed by atoms with E-state index < -0.39 is 6.10 Å². The maximum atomic E-state index is 11.9. The Balaban J connectivity index is 1.84. The predicted molar refractivity (Wildman–Crippen MR) is 77.8 cm³/mol. The molecule has 0 bridgehead atoms. The first kappa shape index (κ1) is 14.9. The van der Waals surface area contributed by atoms with E-state index in [1.165, 1.54) is 0 Å². The van der Waals surface area contributed by atoms with E-state index >= 15 is 0 Å². The Morgan fingerprint density at radius 3 is 2.85 bits per heavy atom. The topological polar surface area (TPSA) is 58.6 Å². The molecule has 1 fully saturated rings. The van der Waals surface area contributed by atoms with Crippen molar-refractivity contribution < 1.29 is 14.6 Å². The van der Waals surface area contributed by atoms with Crippen molar-refractivity contribution in [3.63, 3.8) is 0 Å². The van der Waals surface area contributed by atoms with Crippen LogP contribution in [-0.2, 0) is 4.79 Å². The lowest BCUT2D eigenvalue weighted by Gasteiger charge is -2.28. The quantitative estimate of drug-likeness (QED) is 0.886. The molecular weight excluding hydrogens is 254 g/mol. The summed E-state index contributed by atoms with van der Waals surface area (Å²) in [5, 5.41) is 12.7. The second-order valence-corrected chi connectivity index (χ2v) is 5.58. The Labute approximate surface area is 120 Å². The maximum absolute atomic E-state index is 11.9. The number of ether oxygens (including phenoxy) is 1. The fourth-order valence-corrected chi connectivity index (χ4v) is 2.53. The summed E-state index contributed by atoms with van der Waals surface area (Å²) < 4.78 is 5.56. The van der Waals surface area contributed by atoms with E-state index in [0.717, 1.165) is 42.6 Å². The summed E-state index contributed by atoms with van der Waals surface area (Å²) in [6, 6.07) is 5.80. The molecule has 110 valence electrons. The van der Waals surface area contributed by atoms with Gasteiger partial charge in [0, 0.05) is 0 Å². The van der Waals surface area contributed by atoms with Crippen molar-refractivity contribution in [2.24, 2.45) is 0 Å². The Morgan fingerprint density at radius 2 is 2.10 bits per heavy atom. The van der Waals surface area contributed by atoms with Gasteiger partial charge < -0.3 is 15.2 Å². The van der Waals surface area contributed by atoms with Gasteiger partial charge in [-0.1, -0.05) is 25.0 Å². The molecule has 0 saturated heterocycles. The average Bonchev–Trinajstić information content (AvgIpc) is 2.42. The zero-order valence-corrected chi connectivity index (χ0v) is 12.2. The van der Waals surface area contributed by atoms with Crippen molar-refractivity contribution in [1.82, 2.24) is 5.32 Å². The molecule has 1 aliphatic carbocycles. The van der Waals surface area contributed by atoms with Gasteiger partial charge in [-0.05, 0) is 43.9 Å². The highest BCUT2D eigenvalue weighted by Gasteiger charge is 2.24. The molecule has 20 heavy (non-hydrogen) atoms. The molecule has 0 heterocycles. The van der Waals surface area contributed by atoms with Crippen LogP contribution in [0.2, 0.25) is 0 Å². The summed E-state index contributed by atoms with van der Waals surface area (Å²) in [5.41, 5.74) is 2.12. The van der Waals surface area contributed by atoms with Crippen LogP contribution in [0.1, 0.15) is 36.8 Å². The number of nitrogens with one attached hydrogen (secondary N) is 1. The summed E-state index contributed by atoms with van der Waals surface area (Å²) in [4.78, 5) is 11.9. The summed E-state index contributed by atoms with van der Waals surface area (Å²) in [7, 11) is 0. The molecule has 1 amide bonds. The van der Waals surface area contributed by atoms with Crippen LogP contribution < -0.4 is 10.1 Å². The summed E-state index contributed by atoms with van der Waals surface area (Å²) >= 11 is 0. The van der Waals surface area contributed by atoms with Crippen LogP contribution >= 0.6 is 0 Å². The fourth-order valence-electron chi connectivity index (χ4n) is 2.53. The zero-order chi connectivity index (χ0) is 14.5. The van der Waals surface area contributed by atoms with Gasteiger partial charge in [-0.2, -0.15) is 0 Å². The number of carbonyl (C=O) groups is 1. The van der Waals surface area contributed by atoms with Gasteiger partial charge in [0.2, 0.25) is 0 Å². The number of aliphatic hydroxyl groups is 1. The van der Waals surface area contributed by atoms with Crippen LogP contribution in [0.15, 0.2) is 18.2 Å². The number of hydrogen-bond donors (Lipinski definition) is 2. The number of amides is 1. The van der Waals surface area contributed by atoms with Crippen molar-refractivity contribution in [1.29, 1.82) is 0 Å². The standard InChI is InChI=1S/C16H23NO3/c1-11-7-8-12(2)15(9-11)20-10-16(19)17-13-5-3-4-6-14(13)18/h7-9,13-14,18H,3-6,10H2,1-2H3,(H,17,19)/t13-,14-/m0/s1. The molecule has 0 unspecified atom stereocenters. The van der Waals surface area contributed by atoms with Crippen molar-refractivity contribution in [3.8, 4) is 5.75 Å². The summed E-state index contributed by atoms with van der Waals surface area (Å²) in [5.74, 6) is 0.571. The molecule has 0 aromatic heterocycles. The largest absolute Gasteiger partial charge is 0.483 e. The first-order valence-electron chi connectivity index (χ1n) is 7.24. The molecule has 0 spiro atoms. The van der Waals surface area contributed by atoms with Gasteiger partial charge >= 0.3 is 0 Å². The smallest absolute Gasteiger partial charge is 0.258 e. The van der Waals surface area contributed by atoms with Gasteiger partial charge in [-0.3, -0.25) is 4.79 Å². The Kier molecular flexibility index (Phi) is 5.01. The second-order valence-electron chi connectivity index (χ2n) is 5.58. The molecule has 1 saturated carbocycles. The highest BCUT2D eigenvalue weighted by atomic mass is 16.5. The van der Waals surface area contributed by atoms with Crippen molar-refractivity contribution in [3.05, 3.63) is 29.3 Å². The van der Waals surface area contributed by atoms with Crippen LogP contribution in [0.25, 0.3) is 0 Å². The number of benzene rings is 1. The lowest BCUT2D eigenvalue weighted by molar-refractivity contribution is -0.125. The van der Waals surface area contributed by atoms with Crippen LogP contribution in [0.3, 0.4) is 0 Å². The second kappa shape index (κ2) is 6.75. The van der Waals surface area contributed by atoms with E-state index in [2.05, 4.69) is 5.32 Å². The van der Waals surface area contributed by atoms with E-state index in [-0.39, 0.29) is 18.6 Å². The summed E-state index contributed by atoms with van der Waals surface area (Å²) in [6.45, 7) is 3.94. The molecule has 2 rings (SSSR count). The first-order chi connectivity index (χ1) is 9.56. The number of rotatable bonds is 4. The van der Waals surface area contributed by atoms with E-state index in [1.54, 1.807) is 0 Å². The molecule has 4 heteroatoms. The molecule has 1 aromatic carbocycles.